The highest BCUT2D eigenvalue weighted by atomic mass is 32.2. The minimum absolute atomic E-state index is 0.175. The number of hydrogen-bond donors (Lipinski definition) is 1. The molecule has 1 aromatic heterocycles. The summed E-state index contributed by atoms with van der Waals surface area (Å²) in [7, 11) is -3.60. The van der Waals surface area contributed by atoms with E-state index < -0.39 is 9.84 Å². The van der Waals surface area contributed by atoms with Gasteiger partial charge in [0.15, 0.2) is 0 Å². The summed E-state index contributed by atoms with van der Waals surface area (Å²) in [5.74, 6) is 0.299. The maximum absolute atomic E-state index is 12.7. The van der Waals surface area contributed by atoms with Crippen molar-refractivity contribution in [2.75, 3.05) is 5.73 Å². The molecule has 3 rings (SSSR count). The summed E-state index contributed by atoms with van der Waals surface area (Å²) in [5.41, 5.74) is 6.07. The fourth-order valence-electron chi connectivity index (χ4n) is 2.08. The van der Waals surface area contributed by atoms with Crippen LogP contribution in [0.15, 0.2) is 70.5 Å². The van der Waals surface area contributed by atoms with Gasteiger partial charge in [0, 0.05) is 5.39 Å². The summed E-state index contributed by atoms with van der Waals surface area (Å²) in [4.78, 5) is 4.59. The molecular formula is C15H12N2O2S. The van der Waals surface area contributed by atoms with Crippen LogP contribution in [0.25, 0.3) is 10.9 Å². The monoisotopic (exact) mass is 284 g/mol. The molecule has 5 heteroatoms. The summed E-state index contributed by atoms with van der Waals surface area (Å²) in [5, 5.41) is 0.746. The predicted octanol–water partition coefficient (Wildman–Crippen LogP) is 2.65. The molecule has 0 fully saturated rings. The van der Waals surface area contributed by atoms with Crippen molar-refractivity contribution in [2.24, 2.45) is 0 Å². The Bertz CT molecular complexity index is 875. The third-order valence-corrected chi connectivity index (χ3v) is 4.85. The summed E-state index contributed by atoms with van der Waals surface area (Å²) in [6.07, 6.45) is 0. The van der Waals surface area contributed by atoms with Gasteiger partial charge in [0.05, 0.1) is 15.3 Å². The van der Waals surface area contributed by atoms with E-state index in [1.54, 1.807) is 54.6 Å². The van der Waals surface area contributed by atoms with Crippen molar-refractivity contribution in [1.82, 2.24) is 4.98 Å². The van der Waals surface area contributed by atoms with E-state index in [4.69, 9.17) is 5.73 Å². The molecule has 2 aromatic carbocycles. The lowest BCUT2D eigenvalue weighted by molar-refractivity contribution is 0.597. The Morgan fingerprint density at radius 1 is 0.850 bits per heavy atom. The summed E-state index contributed by atoms with van der Waals surface area (Å²) >= 11 is 0. The second-order valence-corrected chi connectivity index (χ2v) is 6.30. The number of hydrogen-bond acceptors (Lipinski definition) is 4. The van der Waals surface area contributed by atoms with Crippen LogP contribution in [0.3, 0.4) is 0 Å². The second kappa shape index (κ2) is 4.61. The van der Waals surface area contributed by atoms with Crippen LogP contribution in [0.1, 0.15) is 0 Å². The lowest BCUT2D eigenvalue weighted by Gasteiger charge is -2.08. The van der Waals surface area contributed by atoms with Gasteiger partial charge in [-0.3, -0.25) is 0 Å². The standard InChI is InChI=1S/C15H12N2O2S/c16-14-10-9-11-5-4-8-13(15(11)17-14)20(18,19)12-6-2-1-3-7-12/h1-10H,(H2,16,17). The van der Waals surface area contributed by atoms with Crippen molar-refractivity contribution in [2.45, 2.75) is 9.79 Å². The molecule has 0 aliphatic heterocycles. The molecule has 0 unspecified atom stereocenters. The maximum Gasteiger partial charge on any atom is 0.208 e. The van der Waals surface area contributed by atoms with Gasteiger partial charge in [-0.05, 0) is 30.3 Å². The Balaban J connectivity index is 2.32. The van der Waals surface area contributed by atoms with Crippen LogP contribution in [0, 0.1) is 0 Å². The van der Waals surface area contributed by atoms with E-state index in [1.165, 1.54) is 0 Å². The van der Waals surface area contributed by atoms with E-state index in [-0.39, 0.29) is 9.79 Å². The Labute approximate surface area is 116 Å². The van der Waals surface area contributed by atoms with E-state index in [1.807, 2.05) is 6.07 Å². The number of benzene rings is 2. The van der Waals surface area contributed by atoms with Gasteiger partial charge >= 0.3 is 0 Å². The first kappa shape index (κ1) is 12.6. The van der Waals surface area contributed by atoms with Gasteiger partial charge in [-0.15, -0.1) is 0 Å². The first-order valence-corrected chi connectivity index (χ1v) is 7.53. The van der Waals surface area contributed by atoms with Crippen molar-refractivity contribution in [3.8, 4) is 0 Å². The van der Waals surface area contributed by atoms with Crippen LogP contribution in [0.2, 0.25) is 0 Å². The van der Waals surface area contributed by atoms with Gasteiger partial charge in [0.25, 0.3) is 0 Å². The van der Waals surface area contributed by atoms with Gasteiger partial charge in [-0.2, -0.15) is 0 Å². The Morgan fingerprint density at radius 3 is 2.35 bits per heavy atom. The molecule has 4 nitrogen and oxygen atoms in total. The molecule has 3 aromatic rings. The van der Waals surface area contributed by atoms with Crippen LogP contribution in [0.4, 0.5) is 5.82 Å². The molecule has 0 radical (unpaired) electrons. The summed E-state index contributed by atoms with van der Waals surface area (Å²) in [6.45, 7) is 0. The zero-order valence-corrected chi connectivity index (χ0v) is 11.3. The molecule has 2 N–H and O–H groups in total. The Hall–Kier alpha value is -2.40. The van der Waals surface area contributed by atoms with Crippen LogP contribution in [-0.4, -0.2) is 13.4 Å². The molecule has 100 valence electrons. The third-order valence-electron chi connectivity index (χ3n) is 3.05. The Kier molecular flexibility index (Phi) is 2.91. The van der Waals surface area contributed by atoms with Crippen molar-refractivity contribution >= 4 is 26.6 Å². The van der Waals surface area contributed by atoms with Gasteiger partial charge in [0.1, 0.15) is 5.82 Å². The molecule has 0 spiro atoms. The van der Waals surface area contributed by atoms with Crippen molar-refractivity contribution in [3.63, 3.8) is 0 Å². The third kappa shape index (κ3) is 2.02. The number of aromatic nitrogens is 1. The second-order valence-electron chi connectivity index (χ2n) is 4.38. The fourth-order valence-corrected chi connectivity index (χ4v) is 3.52. The number of pyridine rings is 1. The molecule has 0 aliphatic rings. The number of anilines is 1. The molecule has 1 heterocycles. The molecule has 0 aliphatic carbocycles. The largest absolute Gasteiger partial charge is 0.384 e. The van der Waals surface area contributed by atoms with Crippen LogP contribution >= 0.6 is 0 Å². The van der Waals surface area contributed by atoms with Gasteiger partial charge in [-0.1, -0.05) is 30.3 Å². The maximum atomic E-state index is 12.7. The van der Waals surface area contributed by atoms with E-state index in [0.717, 1.165) is 5.39 Å². The highest BCUT2D eigenvalue weighted by Gasteiger charge is 2.20. The van der Waals surface area contributed by atoms with Gasteiger partial charge < -0.3 is 5.73 Å². The van der Waals surface area contributed by atoms with E-state index in [0.29, 0.717) is 11.3 Å². The van der Waals surface area contributed by atoms with Crippen LogP contribution in [-0.2, 0) is 9.84 Å². The van der Waals surface area contributed by atoms with Crippen molar-refractivity contribution in [3.05, 3.63) is 60.7 Å². The average molecular weight is 284 g/mol. The molecule has 0 bridgehead atoms. The van der Waals surface area contributed by atoms with E-state index in [9.17, 15) is 8.42 Å². The number of para-hydroxylation sites is 1. The molecule has 20 heavy (non-hydrogen) atoms. The SMILES string of the molecule is Nc1ccc2cccc(S(=O)(=O)c3ccccc3)c2n1. The minimum atomic E-state index is -3.60. The topological polar surface area (TPSA) is 73.1 Å². The number of sulfone groups is 1. The number of fused-ring (bicyclic) bond motifs is 1. The highest BCUT2D eigenvalue weighted by molar-refractivity contribution is 7.91. The minimum Gasteiger partial charge on any atom is -0.384 e. The predicted molar refractivity (Wildman–Crippen MR) is 78.0 cm³/mol. The molecule has 0 atom stereocenters. The first-order valence-electron chi connectivity index (χ1n) is 6.04. The van der Waals surface area contributed by atoms with Gasteiger partial charge in [0.2, 0.25) is 9.84 Å². The normalized spacial score (nSPS) is 11.6. The Morgan fingerprint density at radius 2 is 1.60 bits per heavy atom. The molecule has 0 amide bonds. The lowest BCUT2D eigenvalue weighted by Crippen LogP contribution is -2.04. The smallest absolute Gasteiger partial charge is 0.208 e. The van der Waals surface area contributed by atoms with Crippen molar-refractivity contribution < 1.29 is 8.42 Å². The number of nitrogens with two attached hydrogens (primary N) is 1. The number of rotatable bonds is 2. The summed E-state index contributed by atoms with van der Waals surface area (Å²) < 4.78 is 25.4. The first-order chi connectivity index (χ1) is 9.59. The number of nitrogen functional groups attached to an aromatic ring is 1. The average Bonchev–Trinajstić information content (AvgIpc) is 2.47. The van der Waals surface area contributed by atoms with Crippen molar-refractivity contribution in [1.29, 1.82) is 0 Å². The molecular weight excluding hydrogens is 272 g/mol. The van der Waals surface area contributed by atoms with E-state index in [2.05, 4.69) is 4.98 Å². The lowest BCUT2D eigenvalue weighted by atomic mass is 10.2. The van der Waals surface area contributed by atoms with E-state index >= 15 is 0 Å². The number of nitrogens with zero attached hydrogens (tertiary/aromatic N) is 1. The zero-order chi connectivity index (χ0) is 14.2. The zero-order valence-electron chi connectivity index (χ0n) is 10.5. The molecule has 0 saturated carbocycles. The molecule has 0 saturated heterocycles. The van der Waals surface area contributed by atoms with Crippen LogP contribution < -0.4 is 5.73 Å². The summed E-state index contributed by atoms with van der Waals surface area (Å²) in [6, 6.07) is 16.8. The van der Waals surface area contributed by atoms with Gasteiger partial charge in [-0.25, -0.2) is 13.4 Å². The quantitative estimate of drug-likeness (QED) is 0.785. The van der Waals surface area contributed by atoms with Crippen LogP contribution in [0.5, 0.6) is 0 Å². The fraction of sp³-hybridized carbons (Fsp3) is 0. The highest BCUT2D eigenvalue weighted by Crippen LogP contribution is 2.27.